The molecule has 1 saturated carbocycles. The molecule has 1 aliphatic carbocycles. The van der Waals surface area contributed by atoms with E-state index in [2.05, 4.69) is 10.4 Å². The lowest BCUT2D eigenvalue weighted by Crippen LogP contribution is -2.21. The summed E-state index contributed by atoms with van der Waals surface area (Å²) in [6.07, 6.45) is 1.51. The smallest absolute Gasteiger partial charge is 0.413 e. The van der Waals surface area contributed by atoms with Gasteiger partial charge in [0, 0.05) is 37.3 Å². The van der Waals surface area contributed by atoms with Crippen molar-refractivity contribution >= 4 is 50.0 Å². The van der Waals surface area contributed by atoms with Crippen LogP contribution < -0.4 is 10.1 Å². The fourth-order valence-corrected chi connectivity index (χ4v) is 7.38. The zero-order valence-electron chi connectivity index (χ0n) is 22.4. The molecule has 1 atom stereocenters. The molecular weight excluding hydrogens is 565 g/mol. The number of anilines is 1. The zero-order chi connectivity index (χ0) is 28.9. The van der Waals surface area contributed by atoms with E-state index in [0.29, 0.717) is 30.0 Å². The molecule has 0 radical (unpaired) electrons. The van der Waals surface area contributed by atoms with Crippen molar-refractivity contribution in [3.63, 3.8) is 0 Å². The number of aliphatic carboxylic acids is 1. The molecule has 1 amide bonds. The Bertz CT molecular complexity index is 1760. The fourth-order valence-electron chi connectivity index (χ4n) is 4.95. The minimum Gasteiger partial charge on any atom is -0.496 e. The van der Waals surface area contributed by atoms with Crippen LogP contribution in [0, 0.1) is 5.82 Å². The molecule has 2 aromatic carbocycles. The van der Waals surface area contributed by atoms with Gasteiger partial charge in [0.25, 0.3) is 0 Å². The summed E-state index contributed by atoms with van der Waals surface area (Å²) in [5.41, 5.74) is 1.22. The Hall–Kier alpha value is -4.22. The van der Waals surface area contributed by atoms with Crippen LogP contribution in [-0.4, -0.2) is 34.1 Å². The number of benzene rings is 2. The third kappa shape index (κ3) is 4.85. The number of halogens is 1. The van der Waals surface area contributed by atoms with Crippen LogP contribution in [0.4, 0.5) is 15.0 Å². The number of methoxy groups -OCH3 is 1. The third-order valence-electron chi connectivity index (χ3n) is 7.41. The first-order chi connectivity index (χ1) is 19.7. The lowest BCUT2D eigenvalue weighted by Gasteiger charge is -2.15. The Balaban J connectivity index is 1.26. The van der Waals surface area contributed by atoms with Crippen molar-refractivity contribution in [2.24, 2.45) is 7.05 Å². The summed E-state index contributed by atoms with van der Waals surface area (Å²) in [6.45, 7) is 1.81. The van der Waals surface area contributed by atoms with Crippen molar-refractivity contribution < 1.29 is 28.6 Å². The first kappa shape index (κ1) is 27.0. The number of carboxylic acid groups (broad SMARTS) is 1. The predicted molar refractivity (Wildman–Crippen MR) is 157 cm³/mol. The van der Waals surface area contributed by atoms with Gasteiger partial charge in [-0.15, -0.1) is 22.7 Å². The van der Waals surface area contributed by atoms with E-state index in [4.69, 9.17) is 9.47 Å². The van der Waals surface area contributed by atoms with Crippen molar-refractivity contribution in [3.8, 4) is 26.6 Å². The highest BCUT2D eigenvalue weighted by molar-refractivity contribution is 7.31. The molecule has 6 rings (SSSR count). The molecule has 0 spiro atoms. The Morgan fingerprint density at radius 1 is 1.07 bits per heavy atom. The van der Waals surface area contributed by atoms with E-state index >= 15 is 4.39 Å². The second-order valence-electron chi connectivity index (χ2n) is 9.98. The maximum Gasteiger partial charge on any atom is 0.413 e. The molecule has 1 fully saturated rings. The maximum atomic E-state index is 15.2. The topological polar surface area (TPSA) is 103 Å². The number of rotatable bonds is 8. The van der Waals surface area contributed by atoms with E-state index in [9.17, 15) is 14.7 Å². The summed E-state index contributed by atoms with van der Waals surface area (Å²) in [7, 11) is 3.24. The van der Waals surface area contributed by atoms with Crippen molar-refractivity contribution in [2.45, 2.75) is 31.3 Å². The second kappa shape index (κ2) is 10.3. The van der Waals surface area contributed by atoms with Crippen molar-refractivity contribution in [3.05, 3.63) is 77.7 Å². The number of thiophene rings is 2. The molecule has 1 aliphatic rings. The van der Waals surface area contributed by atoms with Gasteiger partial charge in [-0.25, -0.2) is 9.18 Å². The molecular formula is C30H26FN3O5S2. The van der Waals surface area contributed by atoms with Gasteiger partial charge in [0.2, 0.25) is 0 Å². The summed E-state index contributed by atoms with van der Waals surface area (Å²) < 4.78 is 29.9. The van der Waals surface area contributed by atoms with Gasteiger partial charge < -0.3 is 14.6 Å². The van der Waals surface area contributed by atoms with Crippen LogP contribution in [0.15, 0.2) is 60.8 Å². The number of aromatic nitrogens is 2. The van der Waals surface area contributed by atoms with Crippen LogP contribution in [0.1, 0.15) is 37.0 Å². The number of carbonyl (C=O) groups excluding carboxylic acids is 1. The molecule has 3 heterocycles. The standard InChI is InChI=1S/C30H26FN3O5S2/c1-16(17-7-5-4-6-8-17)39-29(37)33-27-19(15-32-34(27)2)24-14-26-25(41-24)13-23(40-26)18-11-21(31)20(12-22(18)38-3)30(9-10-30)28(35)36/h4-8,11-16H,9-10H2,1-3H3,(H,33,37)(H,35,36). The van der Waals surface area contributed by atoms with E-state index in [1.807, 2.05) is 49.4 Å². The lowest BCUT2D eigenvalue weighted by atomic mass is 9.93. The van der Waals surface area contributed by atoms with Crippen LogP contribution in [0.5, 0.6) is 5.75 Å². The van der Waals surface area contributed by atoms with E-state index in [-0.39, 0.29) is 5.56 Å². The molecule has 210 valence electrons. The average Bonchev–Trinajstić information content (AvgIpc) is 3.36. The number of hydrogen-bond donors (Lipinski definition) is 2. The van der Waals surface area contributed by atoms with Gasteiger partial charge in [-0.3, -0.25) is 14.8 Å². The molecule has 41 heavy (non-hydrogen) atoms. The summed E-state index contributed by atoms with van der Waals surface area (Å²) in [6, 6.07) is 16.4. The molecule has 5 aromatic rings. The lowest BCUT2D eigenvalue weighted by molar-refractivity contribution is -0.140. The Morgan fingerprint density at radius 2 is 1.73 bits per heavy atom. The zero-order valence-corrected chi connectivity index (χ0v) is 24.1. The number of ether oxygens (including phenoxy) is 2. The number of nitrogens with zero attached hydrogens (tertiary/aromatic N) is 2. The van der Waals surface area contributed by atoms with Gasteiger partial charge in [-0.05, 0) is 49.6 Å². The van der Waals surface area contributed by atoms with Crippen LogP contribution in [0.25, 0.3) is 30.3 Å². The second-order valence-corrected chi connectivity index (χ2v) is 12.2. The monoisotopic (exact) mass is 591 g/mol. The van der Waals surface area contributed by atoms with E-state index in [1.165, 1.54) is 41.9 Å². The van der Waals surface area contributed by atoms with Crippen molar-refractivity contribution in [1.29, 1.82) is 0 Å². The summed E-state index contributed by atoms with van der Waals surface area (Å²) >= 11 is 3.00. The fraction of sp³-hybridized carbons (Fsp3) is 0.233. The highest BCUT2D eigenvalue weighted by atomic mass is 32.1. The van der Waals surface area contributed by atoms with E-state index < -0.39 is 29.4 Å². The number of carboxylic acids is 1. The molecule has 0 aliphatic heterocycles. The number of carbonyl (C=O) groups is 2. The third-order valence-corrected chi connectivity index (χ3v) is 9.77. The Labute approximate surface area is 243 Å². The number of amides is 1. The number of nitrogens with one attached hydrogen (secondary N) is 1. The van der Waals surface area contributed by atoms with Gasteiger partial charge in [-0.1, -0.05) is 30.3 Å². The Morgan fingerprint density at radius 3 is 2.34 bits per heavy atom. The minimum absolute atomic E-state index is 0.166. The largest absolute Gasteiger partial charge is 0.496 e. The van der Waals surface area contributed by atoms with Gasteiger partial charge in [-0.2, -0.15) is 5.10 Å². The maximum absolute atomic E-state index is 15.2. The first-order valence-corrected chi connectivity index (χ1v) is 14.5. The van der Waals surface area contributed by atoms with Gasteiger partial charge >= 0.3 is 12.1 Å². The molecule has 11 heteroatoms. The van der Waals surface area contributed by atoms with Crippen LogP contribution in [0.3, 0.4) is 0 Å². The van der Waals surface area contributed by atoms with Gasteiger partial charge in [0.05, 0.1) is 24.3 Å². The summed E-state index contributed by atoms with van der Waals surface area (Å²) in [5, 5.41) is 16.8. The highest BCUT2D eigenvalue weighted by Gasteiger charge is 2.53. The van der Waals surface area contributed by atoms with Crippen LogP contribution >= 0.6 is 22.7 Å². The van der Waals surface area contributed by atoms with Crippen molar-refractivity contribution in [1.82, 2.24) is 9.78 Å². The molecule has 1 unspecified atom stereocenters. The molecule has 2 N–H and O–H groups in total. The minimum atomic E-state index is -1.16. The number of fused-ring (bicyclic) bond motifs is 1. The molecule has 0 saturated heterocycles. The molecule has 3 aromatic heterocycles. The van der Waals surface area contributed by atoms with Gasteiger partial charge in [0.1, 0.15) is 23.5 Å². The van der Waals surface area contributed by atoms with E-state index in [1.54, 1.807) is 17.9 Å². The Kier molecular flexibility index (Phi) is 6.79. The van der Waals surface area contributed by atoms with Crippen LogP contribution in [-0.2, 0) is 22.0 Å². The molecule has 0 bridgehead atoms. The predicted octanol–water partition coefficient (Wildman–Crippen LogP) is 7.60. The van der Waals surface area contributed by atoms with Crippen molar-refractivity contribution in [2.75, 3.05) is 12.4 Å². The number of hydrogen-bond acceptors (Lipinski definition) is 7. The average molecular weight is 592 g/mol. The van der Waals surface area contributed by atoms with Gasteiger partial charge in [0.15, 0.2) is 0 Å². The quantitative estimate of drug-likeness (QED) is 0.193. The number of aryl methyl sites for hydroxylation is 1. The summed E-state index contributed by atoms with van der Waals surface area (Å²) in [5.74, 6) is -0.613. The van der Waals surface area contributed by atoms with E-state index in [0.717, 1.165) is 30.3 Å². The first-order valence-electron chi connectivity index (χ1n) is 12.9. The normalized spacial score (nSPS) is 14.5. The molecule has 8 nitrogen and oxygen atoms in total. The highest BCUT2D eigenvalue weighted by Crippen LogP contribution is 2.52. The SMILES string of the molecule is COc1cc(C2(C(=O)O)CC2)c(F)cc1-c1cc2sc(-c3cnn(C)c3NC(=O)OC(C)c3ccccc3)cc2s1. The summed E-state index contributed by atoms with van der Waals surface area (Å²) in [4.78, 5) is 26.2. The van der Waals surface area contributed by atoms with Crippen LogP contribution in [0.2, 0.25) is 0 Å².